The minimum Gasteiger partial charge on any atom is -0.351 e. The van der Waals surface area contributed by atoms with Crippen LogP contribution < -0.4 is 10.6 Å². The molecule has 0 saturated carbocycles. The van der Waals surface area contributed by atoms with Gasteiger partial charge < -0.3 is 10.6 Å². The molecule has 1 rings (SSSR count). The van der Waals surface area contributed by atoms with Crippen molar-refractivity contribution >= 4 is 16.5 Å². The summed E-state index contributed by atoms with van der Waals surface area (Å²) in [5.74, 6) is 0.702. The molecule has 2 unspecified atom stereocenters. The largest absolute Gasteiger partial charge is 0.351 e. The molecule has 1 aromatic heterocycles. The summed E-state index contributed by atoms with van der Waals surface area (Å²) in [7, 11) is 2.11. The summed E-state index contributed by atoms with van der Waals surface area (Å²) >= 11 is 1.72. The predicted octanol–water partition coefficient (Wildman–Crippen LogP) is 2.95. The van der Waals surface area contributed by atoms with Gasteiger partial charge in [0.2, 0.25) is 0 Å². The quantitative estimate of drug-likeness (QED) is 0.862. The van der Waals surface area contributed by atoms with E-state index >= 15 is 0 Å². The van der Waals surface area contributed by atoms with E-state index in [-0.39, 0.29) is 6.04 Å². The van der Waals surface area contributed by atoms with Gasteiger partial charge in [0.25, 0.3) is 0 Å². The molecule has 0 amide bonds. The van der Waals surface area contributed by atoms with E-state index in [1.165, 1.54) is 11.3 Å². The third-order valence-corrected chi connectivity index (χ3v) is 4.32. The number of nitrogens with zero attached hydrogens (tertiary/aromatic N) is 2. The Morgan fingerprint density at radius 1 is 1.44 bits per heavy atom. The van der Waals surface area contributed by atoms with Crippen molar-refractivity contribution in [3.8, 4) is 0 Å². The minimum atomic E-state index is 0.0863. The Balaban J connectivity index is 2.76. The summed E-state index contributed by atoms with van der Waals surface area (Å²) in [5, 5.41) is 1.09. The van der Waals surface area contributed by atoms with Crippen LogP contribution in [-0.4, -0.2) is 18.6 Å². The van der Waals surface area contributed by atoms with E-state index in [1.807, 2.05) is 13.8 Å². The number of aromatic nitrogens is 1. The molecule has 92 valence electrons. The third-order valence-electron chi connectivity index (χ3n) is 2.84. The average molecular weight is 241 g/mol. The molecule has 0 spiro atoms. The lowest BCUT2D eigenvalue weighted by molar-refractivity contribution is 0.559. The second-order valence-corrected chi connectivity index (χ2v) is 5.64. The van der Waals surface area contributed by atoms with Crippen LogP contribution in [0, 0.1) is 12.8 Å². The third kappa shape index (κ3) is 3.19. The van der Waals surface area contributed by atoms with Crippen molar-refractivity contribution in [2.45, 2.75) is 40.2 Å². The number of thiazole rings is 1. The fourth-order valence-electron chi connectivity index (χ4n) is 1.65. The summed E-state index contributed by atoms with van der Waals surface area (Å²) in [4.78, 5) is 8.02. The molecular weight excluding hydrogens is 218 g/mol. The molecule has 3 nitrogen and oxygen atoms in total. The number of hydrogen-bond acceptors (Lipinski definition) is 4. The maximum absolute atomic E-state index is 5.91. The van der Waals surface area contributed by atoms with E-state index < -0.39 is 0 Å². The zero-order valence-electron chi connectivity index (χ0n) is 10.9. The van der Waals surface area contributed by atoms with Crippen LogP contribution in [-0.2, 0) is 0 Å². The lowest BCUT2D eigenvalue weighted by Crippen LogP contribution is -2.23. The van der Waals surface area contributed by atoms with Gasteiger partial charge in [0.1, 0.15) is 0 Å². The topological polar surface area (TPSA) is 42.2 Å². The first-order valence-electron chi connectivity index (χ1n) is 5.89. The van der Waals surface area contributed by atoms with Crippen LogP contribution in [0.5, 0.6) is 0 Å². The zero-order chi connectivity index (χ0) is 12.3. The molecule has 0 aliphatic heterocycles. The van der Waals surface area contributed by atoms with Gasteiger partial charge in [-0.1, -0.05) is 20.3 Å². The fraction of sp³-hybridized carbons (Fsp3) is 0.750. The zero-order valence-corrected chi connectivity index (χ0v) is 11.8. The second-order valence-electron chi connectivity index (χ2n) is 4.63. The van der Waals surface area contributed by atoms with E-state index in [0.717, 1.165) is 17.4 Å². The van der Waals surface area contributed by atoms with Crippen molar-refractivity contribution in [1.82, 2.24) is 4.98 Å². The molecule has 0 aliphatic rings. The van der Waals surface area contributed by atoms with Crippen molar-refractivity contribution in [3.63, 3.8) is 0 Å². The number of anilines is 1. The SMILES string of the molecule is CCC(C)CN(C)c1nc(C)c(C(C)N)s1. The average Bonchev–Trinajstić information content (AvgIpc) is 2.60. The van der Waals surface area contributed by atoms with Gasteiger partial charge in [0.05, 0.1) is 5.69 Å². The fourth-order valence-corrected chi connectivity index (χ4v) is 2.64. The maximum Gasteiger partial charge on any atom is 0.185 e. The Bertz CT molecular complexity index is 333. The Hall–Kier alpha value is -0.610. The van der Waals surface area contributed by atoms with Crippen LogP contribution >= 0.6 is 11.3 Å². The van der Waals surface area contributed by atoms with Gasteiger partial charge in [0.15, 0.2) is 5.13 Å². The molecule has 4 heteroatoms. The summed E-state index contributed by atoms with van der Waals surface area (Å²) in [6.07, 6.45) is 1.20. The Labute approximate surface area is 103 Å². The number of aryl methyl sites for hydroxylation is 1. The van der Waals surface area contributed by atoms with Gasteiger partial charge in [-0.05, 0) is 19.8 Å². The summed E-state index contributed by atoms with van der Waals surface area (Å²) in [5.41, 5.74) is 6.98. The molecule has 1 heterocycles. The first-order chi connectivity index (χ1) is 7.45. The molecule has 0 aromatic carbocycles. The lowest BCUT2D eigenvalue weighted by Gasteiger charge is -2.19. The van der Waals surface area contributed by atoms with Crippen molar-refractivity contribution in [1.29, 1.82) is 0 Å². The normalized spacial score (nSPS) is 14.9. The molecule has 2 N–H and O–H groups in total. The highest BCUT2D eigenvalue weighted by Gasteiger charge is 2.14. The Morgan fingerprint density at radius 3 is 2.50 bits per heavy atom. The first kappa shape index (κ1) is 13.5. The second kappa shape index (κ2) is 5.64. The van der Waals surface area contributed by atoms with Gasteiger partial charge in [-0.3, -0.25) is 0 Å². The molecule has 0 aliphatic carbocycles. The maximum atomic E-state index is 5.91. The van der Waals surface area contributed by atoms with Crippen LogP contribution in [0.2, 0.25) is 0 Å². The summed E-state index contributed by atoms with van der Waals surface area (Å²) < 4.78 is 0. The lowest BCUT2D eigenvalue weighted by atomic mass is 10.1. The monoisotopic (exact) mass is 241 g/mol. The molecule has 2 atom stereocenters. The smallest absolute Gasteiger partial charge is 0.185 e. The van der Waals surface area contributed by atoms with Crippen LogP contribution in [0.15, 0.2) is 0 Å². The molecule has 0 radical (unpaired) electrons. The van der Waals surface area contributed by atoms with E-state index in [2.05, 4.69) is 30.8 Å². The van der Waals surface area contributed by atoms with Gasteiger partial charge in [-0.25, -0.2) is 4.98 Å². The predicted molar refractivity (Wildman–Crippen MR) is 72.2 cm³/mol. The van der Waals surface area contributed by atoms with E-state index in [9.17, 15) is 0 Å². The Morgan fingerprint density at radius 2 is 2.06 bits per heavy atom. The number of hydrogen-bond donors (Lipinski definition) is 1. The highest BCUT2D eigenvalue weighted by Crippen LogP contribution is 2.29. The minimum absolute atomic E-state index is 0.0863. The van der Waals surface area contributed by atoms with Crippen LogP contribution in [0.1, 0.15) is 43.8 Å². The van der Waals surface area contributed by atoms with Gasteiger partial charge in [0, 0.05) is 24.5 Å². The highest BCUT2D eigenvalue weighted by atomic mass is 32.1. The van der Waals surface area contributed by atoms with Crippen LogP contribution in [0.3, 0.4) is 0 Å². The van der Waals surface area contributed by atoms with Crippen molar-refractivity contribution < 1.29 is 0 Å². The van der Waals surface area contributed by atoms with Crippen molar-refractivity contribution in [2.24, 2.45) is 11.7 Å². The first-order valence-corrected chi connectivity index (χ1v) is 6.71. The van der Waals surface area contributed by atoms with E-state index in [0.29, 0.717) is 5.92 Å². The van der Waals surface area contributed by atoms with Gasteiger partial charge in [-0.15, -0.1) is 11.3 Å². The Kier molecular flexibility index (Phi) is 4.74. The number of nitrogens with two attached hydrogens (primary N) is 1. The van der Waals surface area contributed by atoms with Crippen LogP contribution in [0.25, 0.3) is 0 Å². The van der Waals surface area contributed by atoms with E-state index in [1.54, 1.807) is 11.3 Å². The van der Waals surface area contributed by atoms with Crippen molar-refractivity contribution in [3.05, 3.63) is 10.6 Å². The van der Waals surface area contributed by atoms with Crippen LogP contribution in [0.4, 0.5) is 5.13 Å². The molecule has 1 aromatic rings. The molecule has 0 bridgehead atoms. The molecule has 0 fully saturated rings. The summed E-state index contributed by atoms with van der Waals surface area (Å²) in [6, 6.07) is 0.0863. The molecular formula is C12H23N3S. The highest BCUT2D eigenvalue weighted by molar-refractivity contribution is 7.15. The van der Waals surface area contributed by atoms with E-state index in [4.69, 9.17) is 5.73 Å². The molecule has 16 heavy (non-hydrogen) atoms. The number of rotatable bonds is 5. The van der Waals surface area contributed by atoms with Gasteiger partial charge >= 0.3 is 0 Å². The van der Waals surface area contributed by atoms with Crippen molar-refractivity contribution in [2.75, 3.05) is 18.5 Å². The standard InChI is InChI=1S/C12H23N3S/c1-6-8(2)7-15(5)12-14-10(4)11(16-12)9(3)13/h8-9H,6-7,13H2,1-5H3. The van der Waals surface area contributed by atoms with Gasteiger partial charge in [-0.2, -0.15) is 0 Å². The summed E-state index contributed by atoms with van der Waals surface area (Å²) in [6.45, 7) is 9.60. The molecule has 0 saturated heterocycles.